The zero-order chi connectivity index (χ0) is 13.2. The van der Waals surface area contributed by atoms with Gasteiger partial charge >= 0.3 is 0 Å². The van der Waals surface area contributed by atoms with E-state index in [4.69, 9.17) is 10.5 Å². The van der Waals surface area contributed by atoms with Gasteiger partial charge in [0.2, 0.25) is 0 Å². The summed E-state index contributed by atoms with van der Waals surface area (Å²) in [7, 11) is 1.66. The largest absolute Gasteiger partial charge is 0.497 e. The van der Waals surface area contributed by atoms with E-state index < -0.39 is 0 Å². The van der Waals surface area contributed by atoms with Crippen LogP contribution in [0.25, 0.3) is 21.0 Å². The van der Waals surface area contributed by atoms with Crippen LogP contribution in [0, 0.1) is 0 Å². The quantitative estimate of drug-likeness (QED) is 0.788. The Morgan fingerprint density at radius 2 is 1.95 bits per heavy atom. The van der Waals surface area contributed by atoms with E-state index in [0.717, 1.165) is 26.8 Å². The van der Waals surface area contributed by atoms with Crippen molar-refractivity contribution in [2.45, 2.75) is 0 Å². The first-order valence-corrected chi connectivity index (χ1v) is 7.42. The van der Waals surface area contributed by atoms with E-state index in [1.54, 1.807) is 18.4 Å². The molecule has 96 valence electrons. The van der Waals surface area contributed by atoms with Gasteiger partial charge in [-0.3, -0.25) is 0 Å². The topological polar surface area (TPSA) is 48.1 Å². The number of rotatable bonds is 3. The van der Waals surface area contributed by atoms with Gasteiger partial charge in [0.1, 0.15) is 11.4 Å². The molecule has 2 N–H and O–H groups in total. The van der Waals surface area contributed by atoms with E-state index in [-0.39, 0.29) is 0 Å². The predicted octanol–water partition coefficient (Wildman–Crippen LogP) is 4.13. The summed E-state index contributed by atoms with van der Waals surface area (Å²) in [5.41, 5.74) is 7.94. The fraction of sp³-hybridized carbons (Fsp3) is 0.0714. The van der Waals surface area contributed by atoms with Gasteiger partial charge in [0, 0.05) is 0 Å². The summed E-state index contributed by atoms with van der Waals surface area (Å²) in [6, 6.07) is 12.0. The first-order chi connectivity index (χ1) is 9.28. The molecule has 0 saturated carbocycles. The lowest BCUT2D eigenvalue weighted by Crippen LogP contribution is -1.83. The molecule has 2 heterocycles. The highest BCUT2D eigenvalue weighted by Crippen LogP contribution is 2.39. The predicted molar refractivity (Wildman–Crippen MR) is 81.8 cm³/mol. The average molecular weight is 288 g/mol. The zero-order valence-electron chi connectivity index (χ0n) is 10.3. The lowest BCUT2D eigenvalue weighted by molar-refractivity contribution is 0.415. The van der Waals surface area contributed by atoms with E-state index in [1.165, 1.54) is 11.3 Å². The van der Waals surface area contributed by atoms with E-state index in [0.29, 0.717) is 5.13 Å². The first-order valence-electron chi connectivity index (χ1n) is 5.72. The second-order valence-electron chi connectivity index (χ2n) is 3.94. The molecule has 0 unspecified atom stereocenters. The van der Waals surface area contributed by atoms with Crippen molar-refractivity contribution in [3.63, 3.8) is 0 Å². The number of nitrogen functional groups attached to an aromatic ring is 1. The van der Waals surface area contributed by atoms with Gasteiger partial charge in [-0.25, -0.2) is 4.98 Å². The maximum atomic E-state index is 5.87. The van der Waals surface area contributed by atoms with Crippen molar-refractivity contribution in [1.29, 1.82) is 0 Å². The fourth-order valence-corrected chi connectivity index (χ4v) is 3.49. The summed E-state index contributed by atoms with van der Waals surface area (Å²) >= 11 is 3.18. The van der Waals surface area contributed by atoms with Crippen molar-refractivity contribution in [3.05, 3.63) is 41.8 Å². The molecule has 3 rings (SSSR count). The van der Waals surface area contributed by atoms with E-state index in [1.807, 2.05) is 35.7 Å². The van der Waals surface area contributed by atoms with E-state index >= 15 is 0 Å². The average Bonchev–Trinajstić information content (AvgIpc) is 3.07. The Balaban J connectivity index is 2.09. The molecule has 2 aromatic heterocycles. The van der Waals surface area contributed by atoms with Crippen molar-refractivity contribution >= 4 is 27.8 Å². The lowest BCUT2D eigenvalue weighted by atomic mass is 10.1. The molecule has 0 saturated heterocycles. The number of thiazole rings is 1. The van der Waals surface area contributed by atoms with Gasteiger partial charge < -0.3 is 10.5 Å². The number of aromatic nitrogens is 1. The SMILES string of the molecule is COc1ccc(-c2sc(N)nc2-c2cccs2)cc1. The standard InChI is InChI=1S/C14H12N2OS2/c1-17-10-6-4-9(5-7-10)13-12(16-14(15)19-13)11-3-2-8-18-11/h2-8H,1H3,(H2,15,16). The Morgan fingerprint density at radius 1 is 1.16 bits per heavy atom. The third-order valence-electron chi connectivity index (χ3n) is 2.75. The number of methoxy groups -OCH3 is 1. The highest BCUT2D eigenvalue weighted by Gasteiger charge is 2.14. The van der Waals surface area contributed by atoms with Gasteiger partial charge in [0.15, 0.2) is 5.13 Å². The lowest BCUT2D eigenvalue weighted by Gasteiger charge is -2.03. The molecule has 0 spiro atoms. The number of hydrogen-bond donors (Lipinski definition) is 1. The van der Waals surface area contributed by atoms with Gasteiger partial charge in [-0.1, -0.05) is 17.4 Å². The van der Waals surface area contributed by atoms with Crippen LogP contribution >= 0.6 is 22.7 Å². The van der Waals surface area contributed by atoms with Crippen molar-refractivity contribution in [1.82, 2.24) is 4.98 Å². The van der Waals surface area contributed by atoms with Crippen molar-refractivity contribution in [2.75, 3.05) is 12.8 Å². The summed E-state index contributed by atoms with van der Waals surface area (Å²) in [5.74, 6) is 0.846. The van der Waals surface area contributed by atoms with Gasteiger partial charge in [-0.15, -0.1) is 11.3 Å². The van der Waals surface area contributed by atoms with Gasteiger partial charge in [-0.05, 0) is 41.3 Å². The number of nitrogens with zero attached hydrogens (tertiary/aromatic N) is 1. The van der Waals surface area contributed by atoms with Crippen LogP contribution in [0.3, 0.4) is 0 Å². The number of ether oxygens (including phenoxy) is 1. The molecule has 19 heavy (non-hydrogen) atoms. The third-order valence-corrected chi connectivity index (χ3v) is 4.56. The van der Waals surface area contributed by atoms with Crippen LogP contribution in [-0.2, 0) is 0 Å². The normalized spacial score (nSPS) is 10.6. The zero-order valence-corrected chi connectivity index (χ0v) is 11.9. The minimum absolute atomic E-state index is 0.592. The summed E-state index contributed by atoms with van der Waals surface area (Å²) in [4.78, 5) is 6.68. The number of benzene rings is 1. The number of anilines is 1. The van der Waals surface area contributed by atoms with Crippen LogP contribution in [0.1, 0.15) is 0 Å². The molecular formula is C14H12N2OS2. The van der Waals surface area contributed by atoms with Crippen LogP contribution in [0.15, 0.2) is 41.8 Å². The Kier molecular flexibility index (Phi) is 3.23. The van der Waals surface area contributed by atoms with E-state index in [9.17, 15) is 0 Å². The second-order valence-corrected chi connectivity index (χ2v) is 5.91. The molecule has 0 amide bonds. The smallest absolute Gasteiger partial charge is 0.181 e. The Bertz CT molecular complexity index is 672. The number of hydrogen-bond acceptors (Lipinski definition) is 5. The monoisotopic (exact) mass is 288 g/mol. The van der Waals surface area contributed by atoms with Crippen molar-refractivity contribution in [3.8, 4) is 26.8 Å². The maximum Gasteiger partial charge on any atom is 0.181 e. The Hall–Kier alpha value is -1.85. The van der Waals surface area contributed by atoms with Crippen molar-refractivity contribution < 1.29 is 4.74 Å². The van der Waals surface area contributed by atoms with Gasteiger partial charge in [0.25, 0.3) is 0 Å². The Morgan fingerprint density at radius 3 is 2.58 bits per heavy atom. The van der Waals surface area contributed by atoms with Crippen LogP contribution in [0.2, 0.25) is 0 Å². The summed E-state index contributed by atoms with van der Waals surface area (Å²) in [6.45, 7) is 0. The van der Waals surface area contributed by atoms with E-state index in [2.05, 4.69) is 11.1 Å². The minimum Gasteiger partial charge on any atom is -0.497 e. The summed E-state index contributed by atoms with van der Waals surface area (Å²) in [5, 5.41) is 2.64. The number of thiophene rings is 1. The molecule has 1 aromatic carbocycles. The number of nitrogens with two attached hydrogens (primary N) is 1. The van der Waals surface area contributed by atoms with Gasteiger partial charge in [0.05, 0.1) is 16.9 Å². The fourth-order valence-electron chi connectivity index (χ4n) is 1.86. The third kappa shape index (κ3) is 2.34. The summed E-state index contributed by atoms with van der Waals surface area (Å²) < 4.78 is 5.18. The molecule has 3 aromatic rings. The molecule has 0 aliphatic rings. The van der Waals surface area contributed by atoms with Gasteiger partial charge in [-0.2, -0.15) is 0 Å². The molecule has 0 bridgehead atoms. The minimum atomic E-state index is 0.592. The van der Waals surface area contributed by atoms with Crippen LogP contribution < -0.4 is 10.5 Å². The first kappa shape index (κ1) is 12.2. The molecule has 0 atom stereocenters. The maximum absolute atomic E-state index is 5.87. The molecule has 0 aliphatic heterocycles. The van der Waals surface area contributed by atoms with Crippen LogP contribution in [0.4, 0.5) is 5.13 Å². The second kappa shape index (κ2) is 5.03. The van der Waals surface area contributed by atoms with Crippen molar-refractivity contribution in [2.24, 2.45) is 0 Å². The molecule has 3 nitrogen and oxygen atoms in total. The molecule has 5 heteroatoms. The molecule has 0 fully saturated rings. The Labute approximate surface area is 119 Å². The highest BCUT2D eigenvalue weighted by atomic mass is 32.1. The molecule has 0 aliphatic carbocycles. The van der Waals surface area contributed by atoms with Crippen LogP contribution in [-0.4, -0.2) is 12.1 Å². The van der Waals surface area contributed by atoms with Crippen LogP contribution in [0.5, 0.6) is 5.75 Å². The summed E-state index contributed by atoms with van der Waals surface area (Å²) in [6.07, 6.45) is 0. The molecule has 0 radical (unpaired) electrons. The highest BCUT2D eigenvalue weighted by molar-refractivity contribution is 7.20. The molecular weight excluding hydrogens is 276 g/mol.